The van der Waals surface area contributed by atoms with Gasteiger partial charge in [0.1, 0.15) is 0 Å². The lowest BCUT2D eigenvalue weighted by Gasteiger charge is -2.27. The fraction of sp³-hybridized carbons (Fsp3) is 0.400. The Morgan fingerprint density at radius 1 is 1.46 bits per heavy atom. The first-order chi connectivity index (χ1) is 6.29. The third-order valence-corrected chi connectivity index (χ3v) is 2.87. The summed E-state index contributed by atoms with van der Waals surface area (Å²) in [4.78, 5) is 0. The number of anilines is 2. The Bertz CT molecular complexity index is 312. The number of hydrogen-bond donors (Lipinski definition) is 2. The van der Waals surface area contributed by atoms with Crippen LogP contribution in [0.1, 0.15) is 13.3 Å². The molecule has 0 fully saturated rings. The van der Waals surface area contributed by atoms with Crippen molar-refractivity contribution in [1.29, 1.82) is 0 Å². The van der Waals surface area contributed by atoms with Crippen LogP contribution in [0.25, 0.3) is 0 Å². The minimum atomic E-state index is 0.557. The average molecular weight is 241 g/mol. The van der Waals surface area contributed by atoms with E-state index in [0.717, 1.165) is 17.4 Å². The van der Waals surface area contributed by atoms with Crippen LogP contribution in [0, 0.1) is 0 Å². The lowest BCUT2D eigenvalue weighted by Crippen LogP contribution is -2.32. The van der Waals surface area contributed by atoms with E-state index in [1.807, 2.05) is 0 Å². The van der Waals surface area contributed by atoms with E-state index in [4.69, 9.17) is 0 Å². The van der Waals surface area contributed by atoms with Gasteiger partial charge in [0.2, 0.25) is 0 Å². The Morgan fingerprint density at radius 3 is 3.08 bits per heavy atom. The molecule has 0 spiro atoms. The van der Waals surface area contributed by atoms with Gasteiger partial charge in [0, 0.05) is 17.1 Å². The highest BCUT2D eigenvalue weighted by Crippen LogP contribution is 2.29. The van der Waals surface area contributed by atoms with Crippen LogP contribution in [0.15, 0.2) is 22.7 Å². The lowest BCUT2D eigenvalue weighted by molar-refractivity contribution is 0.713. The molecule has 1 unspecified atom stereocenters. The van der Waals surface area contributed by atoms with Crippen LogP contribution in [0.2, 0.25) is 0 Å². The molecule has 3 heteroatoms. The van der Waals surface area contributed by atoms with Crippen molar-refractivity contribution in [2.45, 2.75) is 19.4 Å². The molecular formula is C10H13BrN2. The fourth-order valence-electron chi connectivity index (χ4n) is 1.54. The van der Waals surface area contributed by atoms with Crippen molar-refractivity contribution in [1.82, 2.24) is 0 Å². The van der Waals surface area contributed by atoms with E-state index in [-0.39, 0.29) is 0 Å². The molecular weight excluding hydrogens is 228 g/mol. The maximum Gasteiger partial charge on any atom is 0.0590 e. The van der Waals surface area contributed by atoms with Crippen LogP contribution in [-0.4, -0.2) is 12.6 Å². The number of hydrogen-bond acceptors (Lipinski definition) is 2. The smallest absolute Gasteiger partial charge is 0.0590 e. The molecule has 1 aromatic rings. The van der Waals surface area contributed by atoms with Gasteiger partial charge < -0.3 is 10.6 Å². The number of rotatable bonds is 1. The Morgan fingerprint density at radius 2 is 2.31 bits per heavy atom. The molecule has 0 radical (unpaired) electrons. The summed E-state index contributed by atoms with van der Waals surface area (Å²) in [5, 5.41) is 6.90. The molecule has 1 aliphatic heterocycles. The van der Waals surface area contributed by atoms with Gasteiger partial charge in [0.25, 0.3) is 0 Å². The molecule has 70 valence electrons. The van der Waals surface area contributed by atoms with Crippen molar-refractivity contribution in [3.63, 3.8) is 0 Å². The van der Waals surface area contributed by atoms with Crippen molar-refractivity contribution in [3.05, 3.63) is 22.7 Å². The zero-order chi connectivity index (χ0) is 9.26. The van der Waals surface area contributed by atoms with Crippen molar-refractivity contribution in [2.24, 2.45) is 0 Å². The van der Waals surface area contributed by atoms with Gasteiger partial charge in [-0.25, -0.2) is 0 Å². The van der Waals surface area contributed by atoms with Crippen LogP contribution in [0.4, 0.5) is 11.4 Å². The molecule has 0 aliphatic carbocycles. The predicted molar refractivity (Wildman–Crippen MR) is 60.3 cm³/mol. The molecule has 1 aromatic carbocycles. The summed E-state index contributed by atoms with van der Waals surface area (Å²) in [5.41, 5.74) is 2.40. The largest absolute Gasteiger partial charge is 0.381 e. The summed E-state index contributed by atoms with van der Waals surface area (Å²) < 4.78 is 1.12. The second kappa shape index (κ2) is 3.58. The SMILES string of the molecule is CCC1CNc2ccc(Br)cc2N1. The molecule has 2 rings (SSSR count). The van der Waals surface area contributed by atoms with Gasteiger partial charge in [-0.05, 0) is 24.6 Å². The zero-order valence-electron chi connectivity index (χ0n) is 7.60. The van der Waals surface area contributed by atoms with Gasteiger partial charge >= 0.3 is 0 Å². The number of nitrogens with one attached hydrogen (secondary N) is 2. The second-order valence-electron chi connectivity index (χ2n) is 3.32. The third-order valence-electron chi connectivity index (χ3n) is 2.37. The first kappa shape index (κ1) is 8.88. The summed E-state index contributed by atoms with van der Waals surface area (Å²) in [6.45, 7) is 3.22. The third kappa shape index (κ3) is 1.80. The highest BCUT2D eigenvalue weighted by atomic mass is 79.9. The maximum atomic E-state index is 3.49. The Hall–Kier alpha value is -0.700. The molecule has 0 bridgehead atoms. The topological polar surface area (TPSA) is 24.1 Å². The van der Waals surface area contributed by atoms with Crippen LogP contribution < -0.4 is 10.6 Å². The Labute approximate surface area is 86.9 Å². The molecule has 0 amide bonds. The minimum absolute atomic E-state index is 0.557. The van der Waals surface area contributed by atoms with Crippen molar-refractivity contribution in [2.75, 3.05) is 17.2 Å². The first-order valence-corrected chi connectivity index (χ1v) is 5.39. The maximum absolute atomic E-state index is 3.49. The predicted octanol–water partition coefficient (Wildman–Crippen LogP) is 3.07. The summed E-state index contributed by atoms with van der Waals surface area (Å²) in [5.74, 6) is 0. The van der Waals surface area contributed by atoms with E-state index < -0.39 is 0 Å². The summed E-state index contributed by atoms with van der Waals surface area (Å²) in [6, 6.07) is 6.82. The summed E-state index contributed by atoms with van der Waals surface area (Å²) in [6.07, 6.45) is 1.15. The first-order valence-electron chi connectivity index (χ1n) is 4.59. The zero-order valence-corrected chi connectivity index (χ0v) is 9.19. The van der Waals surface area contributed by atoms with E-state index in [1.54, 1.807) is 0 Å². The number of halogens is 1. The molecule has 1 heterocycles. The summed E-state index contributed by atoms with van der Waals surface area (Å²) in [7, 11) is 0. The van der Waals surface area contributed by atoms with Crippen LogP contribution in [0.3, 0.4) is 0 Å². The summed E-state index contributed by atoms with van der Waals surface area (Å²) >= 11 is 3.46. The Kier molecular flexibility index (Phi) is 2.44. The molecule has 0 saturated carbocycles. The second-order valence-corrected chi connectivity index (χ2v) is 4.24. The highest BCUT2D eigenvalue weighted by Gasteiger charge is 2.14. The van der Waals surface area contributed by atoms with Gasteiger partial charge in [0.15, 0.2) is 0 Å². The van der Waals surface area contributed by atoms with Crippen molar-refractivity contribution < 1.29 is 0 Å². The average Bonchev–Trinajstić information content (AvgIpc) is 2.16. The number of benzene rings is 1. The Balaban J connectivity index is 2.27. The van der Waals surface area contributed by atoms with Gasteiger partial charge in [-0.2, -0.15) is 0 Å². The fourth-order valence-corrected chi connectivity index (χ4v) is 1.90. The van der Waals surface area contributed by atoms with Gasteiger partial charge in [-0.15, -0.1) is 0 Å². The molecule has 13 heavy (non-hydrogen) atoms. The van der Waals surface area contributed by atoms with E-state index in [2.05, 4.69) is 51.7 Å². The van der Waals surface area contributed by atoms with Gasteiger partial charge in [-0.1, -0.05) is 22.9 Å². The normalized spacial score (nSPS) is 20.0. The molecule has 1 aliphatic rings. The molecule has 2 nitrogen and oxygen atoms in total. The monoisotopic (exact) mass is 240 g/mol. The minimum Gasteiger partial charge on any atom is -0.381 e. The molecule has 0 aromatic heterocycles. The molecule has 1 atom stereocenters. The van der Waals surface area contributed by atoms with Crippen molar-refractivity contribution >= 4 is 27.3 Å². The van der Waals surface area contributed by atoms with E-state index in [9.17, 15) is 0 Å². The highest BCUT2D eigenvalue weighted by molar-refractivity contribution is 9.10. The quantitative estimate of drug-likeness (QED) is 0.789. The van der Waals surface area contributed by atoms with Crippen LogP contribution in [0.5, 0.6) is 0 Å². The van der Waals surface area contributed by atoms with Crippen LogP contribution >= 0.6 is 15.9 Å². The van der Waals surface area contributed by atoms with Gasteiger partial charge in [-0.3, -0.25) is 0 Å². The molecule has 2 N–H and O–H groups in total. The van der Waals surface area contributed by atoms with Crippen molar-refractivity contribution in [3.8, 4) is 0 Å². The number of fused-ring (bicyclic) bond motifs is 1. The standard InChI is InChI=1S/C10H13BrN2/c1-2-8-6-12-9-4-3-7(11)5-10(9)13-8/h3-5,8,12-13H,2,6H2,1H3. The van der Waals surface area contributed by atoms with Gasteiger partial charge in [0.05, 0.1) is 11.4 Å². The molecule has 0 saturated heterocycles. The van der Waals surface area contributed by atoms with Crippen LogP contribution in [-0.2, 0) is 0 Å². The van der Waals surface area contributed by atoms with E-state index in [1.165, 1.54) is 11.4 Å². The van der Waals surface area contributed by atoms with E-state index in [0.29, 0.717) is 6.04 Å². The lowest BCUT2D eigenvalue weighted by atomic mass is 10.1. The van der Waals surface area contributed by atoms with E-state index >= 15 is 0 Å².